The Morgan fingerprint density at radius 2 is 0.643 bits per heavy atom. The molecule has 13 aromatic rings. The van der Waals surface area contributed by atoms with E-state index in [1.807, 2.05) is 0 Å². The van der Waals surface area contributed by atoms with Crippen molar-refractivity contribution >= 4 is 76.2 Å². The lowest BCUT2D eigenvalue weighted by Gasteiger charge is -2.11. The van der Waals surface area contributed by atoms with E-state index in [2.05, 4.69) is 197 Å². The van der Waals surface area contributed by atoms with Gasteiger partial charge >= 0.3 is 0 Å². The highest BCUT2D eigenvalue weighted by molar-refractivity contribution is 6.26. The summed E-state index contributed by atoms with van der Waals surface area (Å²) in [5.74, 6) is 0. The van der Waals surface area contributed by atoms with Gasteiger partial charge in [-0.2, -0.15) is 0 Å². The highest BCUT2D eigenvalue weighted by Gasteiger charge is 2.21. The Hall–Kier alpha value is -7.49. The molecule has 0 aliphatic rings. The average Bonchev–Trinajstić information content (AvgIpc) is 4.00. The number of pyridine rings is 1. The van der Waals surface area contributed by atoms with E-state index in [0.717, 1.165) is 28.1 Å². The quantitative estimate of drug-likeness (QED) is 0.178. The summed E-state index contributed by atoms with van der Waals surface area (Å²) < 4.78 is 4.93. The van der Waals surface area contributed by atoms with Crippen LogP contribution in [0.15, 0.2) is 188 Å². The molecule has 0 aliphatic heterocycles. The molecule has 8 aromatic carbocycles. The summed E-state index contributed by atoms with van der Waals surface area (Å²) in [5.41, 5.74) is 16.5. The van der Waals surface area contributed by atoms with Crippen molar-refractivity contribution in [2.24, 2.45) is 0 Å². The van der Waals surface area contributed by atoms with Gasteiger partial charge in [-0.3, -0.25) is 0 Å². The van der Waals surface area contributed by atoms with Crippen molar-refractivity contribution in [1.29, 1.82) is 0 Å². The van der Waals surface area contributed by atoms with Crippen molar-refractivity contribution in [3.63, 3.8) is 0 Å². The van der Waals surface area contributed by atoms with Gasteiger partial charge in [0.1, 0.15) is 0 Å². The standard InChI is InChI=1S/C53H31N3/c1-3-12-32(13-4-1)46-30-37(31-47(54-46)33-14-5-2-6-15-33)36-28-44-39-17-8-10-21-49(39)56-51-25-23-35(27-43(51)45(29-36)53(44)56)34-22-24-50-42(26-34)41-19-11-18-40-38-16-7-9-20-48(38)55(50)52(40)41/h1-31H. The summed E-state index contributed by atoms with van der Waals surface area (Å²) >= 11 is 0. The summed E-state index contributed by atoms with van der Waals surface area (Å²) in [4.78, 5) is 5.19. The van der Waals surface area contributed by atoms with E-state index in [4.69, 9.17) is 4.98 Å². The normalized spacial score (nSPS) is 12.3. The smallest absolute Gasteiger partial charge is 0.0715 e. The summed E-state index contributed by atoms with van der Waals surface area (Å²) in [7, 11) is 0. The number of para-hydroxylation sites is 3. The van der Waals surface area contributed by atoms with Crippen LogP contribution in [-0.4, -0.2) is 13.8 Å². The van der Waals surface area contributed by atoms with Crippen molar-refractivity contribution in [2.45, 2.75) is 0 Å². The van der Waals surface area contributed by atoms with Crippen LogP contribution in [0.4, 0.5) is 0 Å². The number of fused-ring (bicyclic) bond motifs is 12. The Kier molecular flexibility index (Phi) is 5.89. The molecule has 0 saturated heterocycles. The Morgan fingerprint density at radius 1 is 0.250 bits per heavy atom. The van der Waals surface area contributed by atoms with Crippen LogP contribution >= 0.6 is 0 Å². The van der Waals surface area contributed by atoms with Gasteiger partial charge in [-0.05, 0) is 82.9 Å². The topological polar surface area (TPSA) is 21.7 Å². The maximum Gasteiger partial charge on any atom is 0.0715 e. The number of rotatable bonds is 4. The lowest BCUT2D eigenvalue weighted by molar-refractivity contribution is 1.32. The van der Waals surface area contributed by atoms with Crippen LogP contribution < -0.4 is 0 Å². The third-order valence-electron chi connectivity index (χ3n) is 12.1. The molecule has 0 N–H and O–H groups in total. The van der Waals surface area contributed by atoms with Crippen LogP contribution in [0, 0.1) is 0 Å². The molecule has 0 spiro atoms. The summed E-state index contributed by atoms with van der Waals surface area (Å²) in [6.45, 7) is 0. The van der Waals surface area contributed by atoms with Gasteiger partial charge in [0.05, 0.1) is 44.5 Å². The zero-order valence-corrected chi connectivity index (χ0v) is 30.2. The molecule has 13 rings (SSSR count). The minimum Gasteiger partial charge on any atom is -0.308 e. The van der Waals surface area contributed by atoms with E-state index in [1.54, 1.807) is 0 Å². The Bertz CT molecular complexity index is 3630. The molecule has 258 valence electrons. The van der Waals surface area contributed by atoms with Crippen LogP contribution in [0.3, 0.4) is 0 Å². The molecule has 3 nitrogen and oxygen atoms in total. The molecule has 0 fully saturated rings. The molecule has 0 aliphatic carbocycles. The van der Waals surface area contributed by atoms with E-state index in [0.29, 0.717) is 0 Å². The van der Waals surface area contributed by atoms with Crippen molar-refractivity contribution < 1.29 is 0 Å². The summed E-state index contributed by atoms with van der Waals surface area (Å²) in [5, 5.41) is 10.3. The Balaban J connectivity index is 1.06. The highest BCUT2D eigenvalue weighted by Crippen LogP contribution is 2.45. The highest BCUT2D eigenvalue weighted by atomic mass is 14.9. The van der Waals surface area contributed by atoms with Gasteiger partial charge in [0.15, 0.2) is 0 Å². The fraction of sp³-hybridized carbons (Fsp3) is 0. The lowest BCUT2D eigenvalue weighted by Crippen LogP contribution is -1.91. The molecule has 0 bridgehead atoms. The number of benzene rings is 8. The zero-order valence-electron chi connectivity index (χ0n) is 30.2. The van der Waals surface area contributed by atoms with Crippen molar-refractivity contribution in [3.05, 3.63) is 188 Å². The lowest BCUT2D eigenvalue weighted by atomic mass is 9.96. The molecule has 0 unspecified atom stereocenters. The Labute approximate surface area is 321 Å². The molecular weight excluding hydrogens is 679 g/mol. The van der Waals surface area contributed by atoms with E-state index >= 15 is 0 Å². The number of aromatic nitrogens is 3. The number of nitrogens with zero attached hydrogens (tertiary/aromatic N) is 3. The molecule has 56 heavy (non-hydrogen) atoms. The van der Waals surface area contributed by atoms with Gasteiger partial charge in [0.2, 0.25) is 0 Å². The minimum absolute atomic E-state index is 0.968. The van der Waals surface area contributed by atoms with Gasteiger partial charge < -0.3 is 8.80 Å². The second-order valence-electron chi connectivity index (χ2n) is 15.1. The number of hydrogen-bond acceptors (Lipinski definition) is 1. The van der Waals surface area contributed by atoms with Crippen LogP contribution in [-0.2, 0) is 0 Å². The maximum absolute atomic E-state index is 5.19. The molecular formula is C53H31N3. The van der Waals surface area contributed by atoms with Crippen LogP contribution in [0.25, 0.3) is 121 Å². The SMILES string of the molecule is c1ccc(-c2cc(-c3cc4c5ccccc5n5c6ccc(-c7ccc8c(c7)c7cccc9c%10ccccc%10n8c97)cc6c(c3)c45)cc(-c3ccccc3)n2)cc1. The van der Waals surface area contributed by atoms with Gasteiger partial charge in [-0.25, -0.2) is 4.98 Å². The number of hydrogen-bond donors (Lipinski definition) is 0. The second-order valence-corrected chi connectivity index (χ2v) is 15.1. The van der Waals surface area contributed by atoms with Crippen molar-refractivity contribution in [2.75, 3.05) is 0 Å². The predicted octanol–water partition coefficient (Wildman–Crippen LogP) is 14.0. The maximum atomic E-state index is 5.19. The van der Waals surface area contributed by atoms with Crippen molar-refractivity contribution in [3.8, 4) is 44.8 Å². The molecule has 0 atom stereocenters. The van der Waals surface area contributed by atoms with E-state index in [9.17, 15) is 0 Å². The fourth-order valence-corrected chi connectivity index (χ4v) is 9.67. The van der Waals surface area contributed by atoms with Crippen molar-refractivity contribution in [1.82, 2.24) is 13.8 Å². The van der Waals surface area contributed by atoms with E-state index in [1.165, 1.54) is 92.9 Å². The van der Waals surface area contributed by atoms with Gasteiger partial charge in [-0.15, -0.1) is 0 Å². The monoisotopic (exact) mass is 709 g/mol. The van der Waals surface area contributed by atoms with Crippen LogP contribution in [0.1, 0.15) is 0 Å². The minimum atomic E-state index is 0.968. The first-order chi connectivity index (χ1) is 27.8. The van der Waals surface area contributed by atoms with Gasteiger partial charge in [0.25, 0.3) is 0 Å². The Morgan fingerprint density at radius 3 is 1.23 bits per heavy atom. The first-order valence-corrected chi connectivity index (χ1v) is 19.3. The molecule has 5 heterocycles. The van der Waals surface area contributed by atoms with Crippen LogP contribution in [0.5, 0.6) is 0 Å². The second kappa shape index (κ2) is 11.0. The van der Waals surface area contributed by atoms with Gasteiger partial charge in [0, 0.05) is 54.2 Å². The largest absolute Gasteiger partial charge is 0.308 e. The molecule has 0 amide bonds. The zero-order chi connectivity index (χ0) is 36.5. The fourth-order valence-electron chi connectivity index (χ4n) is 9.67. The average molecular weight is 710 g/mol. The molecule has 3 heteroatoms. The van der Waals surface area contributed by atoms with Crippen LogP contribution in [0.2, 0.25) is 0 Å². The third-order valence-corrected chi connectivity index (χ3v) is 12.1. The summed E-state index contributed by atoms with van der Waals surface area (Å²) in [6, 6.07) is 68.8. The third kappa shape index (κ3) is 4.04. The van der Waals surface area contributed by atoms with Gasteiger partial charge in [-0.1, -0.05) is 127 Å². The molecule has 0 saturated carbocycles. The predicted molar refractivity (Wildman–Crippen MR) is 235 cm³/mol. The molecule has 0 radical (unpaired) electrons. The first kappa shape index (κ1) is 29.9. The summed E-state index contributed by atoms with van der Waals surface area (Å²) in [6.07, 6.45) is 0. The molecule has 5 aromatic heterocycles. The van der Waals surface area contributed by atoms with E-state index in [-0.39, 0.29) is 0 Å². The van der Waals surface area contributed by atoms with E-state index < -0.39 is 0 Å². The first-order valence-electron chi connectivity index (χ1n) is 19.3.